The minimum Gasteiger partial charge on any atom is -0.310 e. The molecule has 0 bridgehead atoms. The van der Waals surface area contributed by atoms with E-state index in [2.05, 4.69) is 225 Å². The molecule has 7 aromatic carbocycles. The Morgan fingerprint density at radius 2 is 1.05 bits per heavy atom. The van der Waals surface area contributed by atoms with Crippen LogP contribution < -0.4 is 4.90 Å². The molecule has 268 valence electrons. The molecule has 10 rings (SSSR count). The number of hydrogen-bond acceptors (Lipinski definition) is 1. The smallest absolute Gasteiger partial charge is 0.0467 e. The summed E-state index contributed by atoms with van der Waals surface area (Å²) in [6.45, 7) is 4.73. The molecule has 0 spiro atoms. The highest BCUT2D eigenvalue weighted by atomic mass is 15.1. The summed E-state index contributed by atoms with van der Waals surface area (Å²) in [6, 6.07) is 62.4. The van der Waals surface area contributed by atoms with E-state index in [9.17, 15) is 0 Å². The zero-order valence-corrected chi connectivity index (χ0v) is 31.9. The lowest BCUT2D eigenvalue weighted by atomic mass is 9.79. The number of nitrogens with zero attached hydrogens (tertiary/aromatic N) is 1. The molecule has 0 heterocycles. The van der Waals surface area contributed by atoms with E-state index in [1.807, 2.05) is 0 Å². The van der Waals surface area contributed by atoms with Crippen molar-refractivity contribution < 1.29 is 0 Å². The largest absolute Gasteiger partial charge is 0.310 e. The Balaban J connectivity index is 1.02. The molecule has 0 N–H and O–H groups in total. The lowest BCUT2D eigenvalue weighted by Crippen LogP contribution is -2.16. The monoisotopic (exact) mass is 717 g/mol. The molecule has 0 fully saturated rings. The number of anilines is 3. The third-order valence-corrected chi connectivity index (χ3v) is 12.0. The molecule has 0 radical (unpaired) electrons. The van der Waals surface area contributed by atoms with Gasteiger partial charge in [0.1, 0.15) is 0 Å². The second-order valence-electron chi connectivity index (χ2n) is 15.7. The van der Waals surface area contributed by atoms with E-state index < -0.39 is 0 Å². The lowest BCUT2D eigenvalue weighted by molar-refractivity contribution is 0.662. The fourth-order valence-corrected chi connectivity index (χ4v) is 9.10. The summed E-state index contributed by atoms with van der Waals surface area (Å²) in [7, 11) is 0. The topological polar surface area (TPSA) is 3.24 Å². The molecule has 1 heteroatoms. The van der Waals surface area contributed by atoms with Crippen molar-refractivity contribution >= 4 is 22.6 Å². The second-order valence-corrected chi connectivity index (χ2v) is 15.7. The Labute approximate surface area is 331 Å². The number of allylic oxidation sites excluding steroid dienone is 8. The summed E-state index contributed by atoms with van der Waals surface area (Å²) in [5, 5.41) is 0. The van der Waals surface area contributed by atoms with Crippen molar-refractivity contribution in [1.82, 2.24) is 0 Å². The van der Waals surface area contributed by atoms with Crippen LogP contribution in [0.5, 0.6) is 0 Å². The van der Waals surface area contributed by atoms with Gasteiger partial charge in [0.25, 0.3) is 0 Å². The van der Waals surface area contributed by atoms with Gasteiger partial charge in [-0.1, -0.05) is 184 Å². The number of benzene rings is 7. The molecule has 1 atom stereocenters. The van der Waals surface area contributed by atoms with E-state index in [0.717, 1.165) is 23.5 Å². The van der Waals surface area contributed by atoms with Crippen LogP contribution in [0.4, 0.5) is 17.1 Å². The van der Waals surface area contributed by atoms with Crippen LogP contribution in [0.1, 0.15) is 37.0 Å². The SMILES string of the molecule is CC1(C)c2ccccc2-c2cccc(-c3ccc(N(c4ccc(-c5ccc(-c6ccccc6)cc5)cc4)c4cccc(C5=CCC6C=CC=CC6=C5)c4)cc3)c21. The van der Waals surface area contributed by atoms with Crippen molar-refractivity contribution in [1.29, 1.82) is 0 Å². The fourth-order valence-electron chi connectivity index (χ4n) is 9.10. The van der Waals surface area contributed by atoms with Crippen LogP contribution in [-0.4, -0.2) is 0 Å². The number of hydrogen-bond donors (Lipinski definition) is 0. The van der Waals surface area contributed by atoms with Gasteiger partial charge >= 0.3 is 0 Å². The number of fused-ring (bicyclic) bond motifs is 4. The van der Waals surface area contributed by atoms with Gasteiger partial charge in [0.05, 0.1) is 0 Å². The Hall–Kier alpha value is -6.70. The van der Waals surface area contributed by atoms with Crippen LogP contribution in [0.25, 0.3) is 50.1 Å². The summed E-state index contributed by atoms with van der Waals surface area (Å²) in [6.07, 6.45) is 14.7. The van der Waals surface area contributed by atoms with Crippen molar-refractivity contribution in [3.63, 3.8) is 0 Å². The van der Waals surface area contributed by atoms with Crippen LogP contribution in [-0.2, 0) is 5.41 Å². The van der Waals surface area contributed by atoms with Crippen LogP contribution in [0, 0.1) is 5.92 Å². The first kappa shape index (κ1) is 33.8. The van der Waals surface area contributed by atoms with Crippen LogP contribution >= 0.6 is 0 Å². The van der Waals surface area contributed by atoms with Gasteiger partial charge in [-0.05, 0) is 115 Å². The van der Waals surface area contributed by atoms with Crippen molar-refractivity contribution in [2.24, 2.45) is 5.92 Å². The highest BCUT2D eigenvalue weighted by Crippen LogP contribution is 2.52. The van der Waals surface area contributed by atoms with Gasteiger partial charge in [-0.2, -0.15) is 0 Å². The van der Waals surface area contributed by atoms with E-state index in [4.69, 9.17) is 0 Å². The van der Waals surface area contributed by atoms with Gasteiger partial charge in [0.15, 0.2) is 0 Å². The summed E-state index contributed by atoms with van der Waals surface area (Å²) in [4.78, 5) is 2.40. The second kappa shape index (κ2) is 13.9. The molecule has 1 nitrogen and oxygen atoms in total. The molecule has 3 aliphatic rings. The molecule has 0 aliphatic heterocycles. The van der Waals surface area contributed by atoms with E-state index in [0.29, 0.717) is 5.92 Å². The Bertz CT molecular complexity index is 2700. The van der Waals surface area contributed by atoms with E-state index in [1.165, 1.54) is 72.3 Å². The van der Waals surface area contributed by atoms with Crippen molar-refractivity contribution in [3.05, 3.63) is 229 Å². The van der Waals surface area contributed by atoms with Crippen molar-refractivity contribution in [3.8, 4) is 44.5 Å². The quantitative estimate of drug-likeness (QED) is 0.159. The van der Waals surface area contributed by atoms with Crippen molar-refractivity contribution in [2.45, 2.75) is 25.7 Å². The molecule has 0 saturated carbocycles. The summed E-state index contributed by atoms with van der Waals surface area (Å²) in [5.41, 5.74) is 20.1. The first-order chi connectivity index (χ1) is 27.5. The van der Waals surface area contributed by atoms with Crippen LogP contribution in [0.15, 0.2) is 212 Å². The van der Waals surface area contributed by atoms with E-state index in [-0.39, 0.29) is 5.41 Å². The first-order valence-electron chi connectivity index (χ1n) is 19.8. The van der Waals surface area contributed by atoms with E-state index in [1.54, 1.807) is 0 Å². The average molecular weight is 718 g/mol. The third kappa shape index (κ3) is 5.97. The molecule has 3 aliphatic carbocycles. The zero-order chi connectivity index (χ0) is 37.6. The maximum Gasteiger partial charge on any atom is 0.0467 e. The molecule has 7 aromatic rings. The molecule has 0 amide bonds. The maximum atomic E-state index is 2.40. The summed E-state index contributed by atoms with van der Waals surface area (Å²) < 4.78 is 0. The highest BCUT2D eigenvalue weighted by molar-refractivity contribution is 5.89. The minimum absolute atomic E-state index is 0.0793. The molecular formula is C55H43N. The van der Waals surface area contributed by atoms with Gasteiger partial charge < -0.3 is 4.90 Å². The summed E-state index contributed by atoms with van der Waals surface area (Å²) in [5.74, 6) is 0.473. The Morgan fingerprint density at radius 3 is 1.79 bits per heavy atom. The minimum atomic E-state index is -0.0793. The number of rotatable bonds is 7. The third-order valence-electron chi connectivity index (χ3n) is 12.0. The molecular weight excluding hydrogens is 675 g/mol. The van der Waals surface area contributed by atoms with Gasteiger partial charge in [-0.25, -0.2) is 0 Å². The molecule has 56 heavy (non-hydrogen) atoms. The first-order valence-corrected chi connectivity index (χ1v) is 19.8. The van der Waals surface area contributed by atoms with Gasteiger partial charge in [0, 0.05) is 28.4 Å². The Kier molecular flexibility index (Phi) is 8.37. The van der Waals surface area contributed by atoms with Crippen molar-refractivity contribution in [2.75, 3.05) is 4.90 Å². The van der Waals surface area contributed by atoms with E-state index >= 15 is 0 Å². The molecule has 1 unspecified atom stereocenters. The van der Waals surface area contributed by atoms with Gasteiger partial charge in [0.2, 0.25) is 0 Å². The normalized spacial score (nSPS) is 16.0. The zero-order valence-electron chi connectivity index (χ0n) is 31.9. The summed E-state index contributed by atoms with van der Waals surface area (Å²) >= 11 is 0. The predicted molar refractivity (Wildman–Crippen MR) is 237 cm³/mol. The predicted octanol–water partition coefficient (Wildman–Crippen LogP) is 14.9. The molecule has 0 aromatic heterocycles. The van der Waals surface area contributed by atoms with Gasteiger partial charge in [-0.3, -0.25) is 0 Å². The highest BCUT2D eigenvalue weighted by Gasteiger charge is 2.37. The van der Waals surface area contributed by atoms with Crippen LogP contribution in [0.3, 0.4) is 0 Å². The Morgan fingerprint density at radius 1 is 0.482 bits per heavy atom. The fraction of sp³-hybridized carbons (Fsp3) is 0.0909. The maximum absolute atomic E-state index is 2.40. The molecule has 0 saturated heterocycles. The van der Waals surface area contributed by atoms with Crippen LogP contribution in [0.2, 0.25) is 0 Å². The van der Waals surface area contributed by atoms with Gasteiger partial charge in [-0.15, -0.1) is 0 Å². The average Bonchev–Trinajstić information content (AvgIpc) is 3.50. The lowest BCUT2D eigenvalue weighted by Gasteiger charge is -2.28. The standard InChI is InChI=1S/C55H43N/c1-55(2)53-21-9-8-18-51(53)52-20-11-19-50(54(52)55)43-30-34-48(35-31-43)56(49-17-10-16-45(37-49)46-27-26-39-14-6-7-15-44(39)36-46)47-32-28-42(29-33-47)41-24-22-40(23-25-41)38-12-4-3-5-13-38/h3-25,27-37,39H,26H2,1-2H3.